The number of hydrogen-bond acceptors (Lipinski definition) is 0. The summed E-state index contributed by atoms with van der Waals surface area (Å²) in [5.74, 6) is 1.48. The quantitative estimate of drug-likeness (QED) is 0.567. The van der Waals surface area contributed by atoms with Crippen LogP contribution in [0.2, 0.25) is 11.1 Å². The van der Waals surface area contributed by atoms with Gasteiger partial charge in [0.2, 0.25) is 0 Å². The van der Waals surface area contributed by atoms with Gasteiger partial charge in [-0.05, 0) is 30.5 Å². The van der Waals surface area contributed by atoms with Gasteiger partial charge in [0.05, 0.1) is 0 Å². The van der Waals surface area contributed by atoms with Crippen molar-refractivity contribution in [3.05, 3.63) is 23.8 Å². The van der Waals surface area contributed by atoms with Gasteiger partial charge in [0, 0.05) is 0 Å². The molecule has 0 spiro atoms. The lowest BCUT2D eigenvalue weighted by atomic mass is 9.45. The van der Waals surface area contributed by atoms with Gasteiger partial charge in [0.25, 0.3) is 0 Å². The molecule has 0 bridgehead atoms. The van der Waals surface area contributed by atoms with Crippen LogP contribution >= 0.6 is 0 Å². The van der Waals surface area contributed by atoms with Crippen LogP contribution in [0.4, 0.5) is 0 Å². The van der Waals surface area contributed by atoms with E-state index < -0.39 is 0 Å². The minimum absolute atomic E-state index is 0.287. The zero-order valence-corrected chi connectivity index (χ0v) is 11.6. The topological polar surface area (TPSA) is 0 Å². The monoisotopic (exact) mass is 217 g/mol. The first kappa shape index (κ1) is 13.6. The molecule has 1 heteroatoms. The van der Waals surface area contributed by atoms with Crippen molar-refractivity contribution in [2.24, 2.45) is 5.92 Å². The van der Waals surface area contributed by atoms with Crippen molar-refractivity contribution in [1.82, 2.24) is 0 Å². The fraction of sp³-hybridized carbons (Fsp3) is 0.733. The highest BCUT2D eigenvalue weighted by molar-refractivity contribution is 6.42. The summed E-state index contributed by atoms with van der Waals surface area (Å²) in [6.07, 6.45) is 10.9. The second kappa shape index (κ2) is 5.75. The fourth-order valence-corrected chi connectivity index (χ4v) is 2.31. The van der Waals surface area contributed by atoms with E-state index in [-0.39, 0.29) is 5.31 Å². The SMILES string of the molecule is CC(C)[B]C1(C)C=CC(CCC(C)C)=CC1. The van der Waals surface area contributed by atoms with E-state index in [1.807, 2.05) is 0 Å². The number of hydrogen-bond donors (Lipinski definition) is 0. The van der Waals surface area contributed by atoms with E-state index in [9.17, 15) is 0 Å². The van der Waals surface area contributed by atoms with Crippen molar-refractivity contribution >= 4 is 7.28 Å². The Balaban J connectivity index is 2.46. The maximum absolute atomic E-state index is 2.46. The molecule has 16 heavy (non-hydrogen) atoms. The first-order valence-electron chi connectivity index (χ1n) is 6.65. The second-order valence-corrected chi connectivity index (χ2v) is 6.17. The molecule has 0 aliphatic heterocycles. The molecule has 1 atom stereocenters. The molecule has 0 aromatic heterocycles. The van der Waals surface area contributed by atoms with Gasteiger partial charge in [-0.2, -0.15) is 0 Å². The molecule has 0 heterocycles. The normalized spacial score (nSPS) is 25.1. The molecule has 0 N–H and O–H groups in total. The average Bonchev–Trinajstić information content (AvgIpc) is 2.15. The summed E-state index contributed by atoms with van der Waals surface area (Å²) in [7, 11) is 2.46. The minimum atomic E-state index is 0.287. The molecule has 89 valence electrons. The summed E-state index contributed by atoms with van der Waals surface area (Å²) in [6, 6.07) is 0. The zero-order valence-electron chi connectivity index (χ0n) is 11.6. The standard InChI is InChI=1S/C15H26B/c1-12(2)6-7-14-8-10-15(5,11-9-14)16-13(3)4/h8-10,12-13H,6-7,11H2,1-5H3. The van der Waals surface area contributed by atoms with Crippen LogP contribution in [0.15, 0.2) is 23.8 Å². The molecule has 0 saturated carbocycles. The molecule has 0 aromatic rings. The third-order valence-corrected chi connectivity index (χ3v) is 3.21. The predicted molar refractivity (Wildman–Crippen MR) is 75.1 cm³/mol. The molecule has 0 amide bonds. The van der Waals surface area contributed by atoms with E-state index in [0.29, 0.717) is 5.82 Å². The van der Waals surface area contributed by atoms with Crippen LogP contribution < -0.4 is 0 Å². The molecular formula is C15H26B. The van der Waals surface area contributed by atoms with Gasteiger partial charge in [-0.25, -0.2) is 0 Å². The van der Waals surface area contributed by atoms with Gasteiger partial charge < -0.3 is 0 Å². The lowest BCUT2D eigenvalue weighted by Gasteiger charge is -2.29. The Morgan fingerprint density at radius 1 is 1.31 bits per heavy atom. The summed E-state index contributed by atoms with van der Waals surface area (Å²) in [5.41, 5.74) is 1.53. The van der Waals surface area contributed by atoms with Crippen molar-refractivity contribution in [1.29, 1.82) is 0 Å². The van der Waals surface area contributed by atoms with Crippen LogP contribution in [0, 0.1) is 5.92 Å². The summed E-state index contributed by atoms with van der Waals surface area (Å²) in [6.45, 7) is 11.4. The maximum Gasteiger partial charge on any atom is 0.126 e. The van der Waals surface area contributed by atoms with E-state index in [2.05, 4.69) is 60.1 Å². The lowest BCUT2D eigenvalue weighted by Crippen LogP contribution is -2.18. The maximum atomic E-state index is 2.46. The smallest absolute Gasteiger partial charge is 0.0860 e. The largest absolute Gasteiger partial charge is 0.126 e. The first-order valence-corrected chi connectivity index (χ1v) is 6.65. The number of rotatable bonds is 5. The lowest BCUT2D eigenvalue weighted by molar-refractivity contribution is 0.584. The van der Waals surface area contributed by atoms with E-state index >= 15 is 0 Å². The highest BCUT2D eigenvalue weighted by atomic mass is 14.2. The average molecular weight is 217 g/mol. The summed E-state index contributed by atoms with van der Waals surface area (Å²) in [4.78, 5) is 0. The van der Waals surface area contributed by atoms with Crippen LogP contribution in [-0.4, -0.2) is 7.28 Å². The van der Waals surface area contributed by atoms with Crippen LogP contribution in [-0.2, 0) is 0 Å². The van der Waals surface area contributed by atoms with Crippen molar-refractivity contribution in [3.63, 3.8) is 0 Å². The van der Waals surface area contributed by atoms with Crippen molar-refractivity contribution in [2.75, 3.05) is 0 Å². The molecule has 0 nitrogen and oxygen atoms in total. The molecule has 1 rings (SSSR count). The van der Waals surface area contributed by atoms with Crippen molar-refractivity contribution in [2.45, 2.75) is 65.0 Å². The molecule has 1 aliphatic carbocycles. The molecular weight excluding hydrogens is 191 g/mol. The highest BCUT2D eigenvalue weighted by Gasteiger charge is 2.24. The van der Waals surface area contributed by atoms with E-state index in [4.69, 9.17) is 0 Å². The second-order valence-electron chi connectivity index (χ2n) is 6.17. The molecule has 1 radical (unpaired) electrons. The first-order chi connectivity index (χ1) is 7.41. The van der Waals surface area contributed by atoms with Gasteiger partial charge >= 0.3 is 0 Å². The van der Waals surface area contributed by atoms with Crippen molar-refractivity contribution in [3.8, 4) is 0 Å². The Kier molecular flexibility index (Phi) is 4.89. The van der Waals surface area contributed by atoms with Gasteiger partial charge in [0.1, 0.15) is 7.28 Å². The molecule has 0 saturated heterocycles. The van der Waals surface area contributed by atoms with Crippen molar-refractivity contribution < 1.29 is 0 Å². The van der Waals surface area contributed by atoms with Crippen LogP contribution in [0.1, 0.15) is 53.9 Å². The minimum Gasteiger partial charge on any atom is -0.0860 e. The molecule has 0 aromatic carbocycles. The summed E-state index contributed by atoms with van der Waals surface area (Å²) < 4.78 is 0. The van der Waals surface area contributed by atoms with E-state index in [0.717, 1.165) is 5.92 Å². The van der Waals surface area contributed by atoms with Gasteiger partial charge in [-0.15, -0.1) is 0 Å². The van der Waals surface area contributed by atoms with Crippen LogP contribution in [0.25, 0.3) is 0 Å². The van der Waals surface area contributed by atoms with Crippen LogP contribution in [0.5, 0.6) is 0 Å². The van der Waals surface area contributed by atoms with E-state index in [1.165, 1.54) is 24.8 Å². The Labute approximate surface area is 102 Å². The third kappa shape index (κ3) is 4.59. The summed E-state index contributed by atoms with van der Waals surface area (Å²) in [5, 5.41) is 0.287. The van der Waals surface area contributed by atoms with Crippen LogP contribution in [0.3, 0.4) is 0 Å². The highest BCUT2D eigenvalue weighted by Crippen LogP contribution is 2.38. The zero-order chi connectivity index (χ0) is 12.2. The molecule has 1 aliphatic rings. The predicted octanol–water partition coefficient (Wildman–Crippen LogP) is 5.02. The Hall–Kier alpha value is -0.455. The van der Waals surface area contributed by atoms with Gasteiger partial charge in [-0.3, -0.25) is 0 Å². The molecule has 0 fully saturated rings. The third-order valence-electron chi connectivity index (χ3n) is 3.21. The Morgan fingerprint density at radius 2 is 2.00 bits per heavy atom. The Bertz CT molecular complexity index is 273. The number of allylic oxidation sites excluding steroid dienone is 4. The Morgan fingerprint density at radius 3 is 2.44 bits per heavy atom. The van der Waals surface area contributed by atoms with Gasteiger partial charge in [0.15, 0.2) is 0 Å². The van der Waals surface area contributed by atoms with E-state index in [1.54, 1.807) is 0 Å². The summed E-state index contributed by atoms with van der Waals surface area (Å²) >= 11 is 0. The fourth-order valence-electron chi connectivity index (χ4n) is 2.31. The van der Waals surface area contributed by atoms with Gasteiger partial charge in [-0.1, -0.05) is 64.2 Å². The molecule has 1 unspecified atom stereocenters.